The van der Waals surface area contributed by atoms with Crippen molar-refractivity contribution in [3.63, 3.8) is 0 Å². The van der Waals surface area contributed by atoms with Crippen molar-refractivity contribution in [3.8, 4) is 0 Å². The van der Waals surface area contributed by atoms with Crippen LogP contribution < -0.4 is 0 Å². The molecule has 2 aromatic heterocycles. The van der Waals surface area contributed by atoms with Crippen molar-refractivity contribution in [3.05, 3.63) is 17.8 Å². The lowest BCUT2D eigenvalue weighted by atomic mass is 10.0. The molecule has 78 valence electrons. The molecule has 0 bridgehead atoms. The molecule has 7 heteroatoms. The maximum absolute atomic E-state index is 10.9. The van der Waals surface area contributed by atoms with E-state index in [9.17, 15) is 4.79 Å². The van der Waals surface area contributed by atoms with Crippen LogP contribution in [-0.4, -0.2) is 36.3 Å². The number of carboxylic acids is 1. The number of carboxylic acid groups (broad SMARTS) is 1. The average Bonchev–Trinajstić information content (AvgIpc) is 2.65. The van der Waals surface area contributed by atoms with Gasteiger partial charge in [-0.15, -0.1) is 9.73 Å². The molecule has 0 fully saturated rings. The van der Waals surface area contributed by atoms with Crippen molar-refractivity contribution in [2.45, 2.75) is 19.3 Å². The van der Waals surface area contributed by atoms with Crippen molar-refractivity contribution in [2.24, 2.45) is 0 Å². The summed E-state index contributed by atoms with van der Waals surface area (Å²) < 4.78 is 1.22. The van der Waals surface area contributed by atoms with Gasteiger partial charge in [-0.05, 0) is 29.0 Å². The van der Waals surface area contributed by atoms with Gasteiger partial charge < -0.3 is 5.11 Å². The second kappa shape index (κ2) is 3.60. The number of aromatic nitrogens is 5. The first-order chi connectivity index (χ1) is 7.22. The van der Waals surface area contributed by atoms with Crippen molar-refractivity contribution < 1.29 is 9.90 Å². The highest BCUT2D eigenvalue weighted by Crippen LogP contribution is 2.16. The van der Waals surface area contributed by atoms with Gasteiger partial charge in [0.2, 0.25) is 0 Å². The summed E-state index contributed by atoms with van der Waals surface area (Å²) in [6, 6.07) is 3.28. The molecule has 2 heterocycles. The number of hydrogen-bond donors (Lipinski definition) is 1. The van der Waals surface area contributed by atoms with Gasteiger partial charge in [-0.3, -0.25) is 4.79 Å². The molecule has 2 rings (SSSR count). The van der Waals surface area contributed by atoms with Crippen LogP contribution in [0.5, 0.6) is 0 Å². The molecular weight excluding hydrogens is 198 g/mol. The summed E-state index contributed by atoms with van der Waals surface area (Å²) in [5.41, 5.74) is 0.962. The third-order valence-corrected chi connectivity index (χ3v) is 2.15. The molecule has 0 aliphatic heterocycles. The van der Waals surface area contributed by atoms with E-state index in [-0.39, 0.29) is 0 Å². The summed E-state index contributed by atoms with van der Waals surface area (Å²) in [6.07, 6.45) is 0.482. The molecular formula is C8H9N5O2. The summed E-state index contributed by atoms with van der Waals surface area (Å²) in [5, 5.41) is 23.7. The van der Waals surface area contributed by atoms with Crippen LogP contribution in [0.4, 0.5) is 0 Å². The molecule has 0 saturated heterocycles. The van der Waals surface area contributed by atoms with Crippen LogP contribution in [0.2, 0.25) is 0 Å². The third-order valence-electron chi connectivity index (χ3n) is 2.15. The van der Waals surface area contributed by atoms with Crippen LogP contribution in [0.3, 0.4) is 0 Å². The van der Waals surface area contributed by atoms with E-state index < -0.39 is 11.9 Å². The van der Waals surface area contributed by atoms with E-state index in [4.69, 9.17) is 5.11 Å². The number of tetrazole rings is 1. The van der Waals surface area contributed by atoms with Crippen molar-refractivity contribution in [1.29, 1.82) is 0 Å². The van der Waals surface area contributed by atoms with Gasteiger partial charge in [0.15, 0.2) is 5.65 Å². The standard InChI is InChI=1S/C8H9N5O2/c1-2-5(8(14)15)6-3-4-7-9-11-12-13(7)10-6/h3-5H,2H2,1H3,(H,14,15). The SMILES string of the molecule is CCC(C(=O)O)c1ccc2nnnn2n1. The quantitative estimate of drug-likeness (QED) is 0.767. The van der Waals surface area contributed by atoms with Gasteiger partial charge in [0, 0.05) is 0 Å². The monoisotopic (exact) mass is 207 g/mol. The van der Waals surface area contributed by atoms with Gasteiger partial charge in [0.05, 0.1) is 5.69 Å². The maximum atomic E-state index is 10.9. The Morgan fingerprint density at radius 1 is 1.60 bits per heavy atom. The van der Waals surface area contributed by atoms with E-state index in [2.05, 4.69) is 20.6 Å². The summed E-state index contributed by atoms with van der Waals surface area (Å²) in [4.78, 5) is 10.9. The number of carbonyl (C=O) groups is 1. The second-order valence-electron chi connectivity index (χ2n) is 3.08. The third kappa shape index (κ3) is 1.63. The van der Waals surface area contributed by atoms with Crippen LogP contribution in [-0.2, 0) is 4.79 Å². The smallest absolute Gasteiger partial charge is 0.312 e. The van der Waals surface area contributed by atoms with Crippen LogP contribution in [0.25, 0.3) is 5.65 Å². The summed E-state index contributed by atoms with van der Waals surface area (Å²) in [6.45, 7) is 1.80. The fourth-order valence-corrected chi connectivity index (χ4v) is 1.36. The van der Waals surface area contributed by atoms with Gasteiger partial charge in [-0.25, -0.2) is 0 Å². The Balaban J connectivity index is 2.46. The van der Waals surface area contributed by atoms with Crippen LogP contribution in [0.15, 0.2) is 12.1 Å². The highest BCUT2D eigenvalue weighted by Gasteiger charge is 2.19. The van der Waals surface area contributed by atoms with E-state index in [1.165, 1.54) is 4.63 Å². The van der Waals surface area contributed by atoms with Gasteiger partial charge in [-0.2, -0.15) is 5.10 Å². The first-order valence-electron chi connectivity index (χ1n) is 4.50. The fraction of sp³-hybridized carbons (Fsp3) is 0.375. The molecule has 7 nitrogen and oxygen atoms in total. The summed E-state index contributed by atoms with van der Waals surface area (Å²) >= 11 is 0. The number of hydrogen-bond acceptors (Lipinski definition) is 5. The molecule has 0 aliphatic carbocycles. The Hall–Kier alpha value is -2.05. The molecule has 2 aromatic rings. The Morgan fingerprint density at radius 3 is 3.07 bits per heavy atom. The van der Waals surface area contributed by atoms with E-state index in [0.717, 1.165) is 0 Å². The zero-order valence-corrected chi connectivity index (χ0v) is 8.03. The molecule has 0 aromatic carbocycles. The minimum absolute atomic E-state index is 0.463. The van der Waals surface area contributed by atoms with E-state index in [1.807, 2.05) is 0 Å². The highest BCUT2D eigenvalue weighted by atomic mass is 16.4. The van der Waals surface area contributed by atoms with Gasteiger partial charge in [-0.1, -0.05) is 6.92 Å². The number of fused-ring (bicyclic) bond motifs is 1. The summed E-state index contributed by atoms with van der Waals surface area (Å²) in [5.74, 6) is -1.50. The maximum Gasteiger partial charge on any atom is 0.312 e. The highest BCUT2D eigenvalue weighted by molar-refractivity contribution is 5.75. The van der Waals surface area contributed by atoms with Crippen LogP contribution in [0.1, 0.15) is 25.0 Å². The predicted molar refractivity (Wildman–Crippen MR) is 49.2 cm³/mol. The summed E-state index contributed by atoms with van der Waals surface area (Å²) in [7, 11) is 0. The molecule has 1 unspecified atom stereocenters. The lowest BCUT2D eigenvalue weighted by Gasteiger charge is -2.07. The lowest BCUT2D eigenvalue weighted by molar-refractivity contribution is -0.139. The molecule has 0 aliphatic rings. The predicted octanol–water partition coefficient (Wildman–Crippen LogP) is 0.0975. The van der Waals surface area contributed by atoms with Gasteiger partial charge in [0.25, 0.3) is 0 Å². The topological polar surface area (TPSA) is 93.3 Å². The molecule has 0 saturated carbocycles. The normalized spacial score (nSPS) is 12.9. The largest absolute Gasteiger partial charge is 0.481 e. The van der Waals surface area contributed by atoms with Crippen molar-refractivity contribution in [1.82, 2.24) is 25.3 Å². The van der Waals surface area contributed by atoms with Gasteiger partial charge >= 0.3 is 5.97 Å². The van der Waals surface area contributed by atoms with E-state index >= 15 is 0 Å². The molecule has 15 heavy (non-hydrogen) atoms. The second-order valence-corrected chi connectivity index (χ2v) is 3.08. The van der Waals surface area contributed by atoms with Crippen LogP contribution >= 0.6 is 0 Å². The number of nitrogens with zero attached hydrogens (tertiary/aromatic N) is 5. The minimum atomic E-state index is -0.891. The Kier molecular flexibility index (Phi) is 2.28. The molecule has 1 atom stereocenters. The van der Waals surface area contributed by atoms with Crippen molar-refractivity contribution in [2.75, 3.05) is 0 Å². The van der Waals surface area contributed by atoms with Crippen LogP contribution in [0, 0.1) is 0 Å². The minimum Gasteiger partial charge on any atom is -0.481 e. The number of rotatable bonds is 3. The Labute approximate surface area is 84.7 Å². The fourth-order valence-electron chi connectivity index (χ4n) is 1.36. The molecule has 0 radical (unpaired) electrons. The Morgan fingerprint density at radius 2 is 2.40 bits per heavy atom. The zero-order chi connectivity index (χ0) is 10.8. The lowest BCUT2D eigenvalue weighted by Crippen LogP contribution is -2.13. The zero-order valence-electron chi connectivity index (χ0n) is 8.03. The first-order valence-corrected chi connectivity index (χ1v) is 4.50. The first kappa shape index (κ1) is 9.50. The number of aliphatic carboxylic acids is 1. The van der Waals surface area contributed by atoms with Gasteiger partial charge in [0.1, 0.15) is 5.92 Å². The molecule has 0 amide bonds. The Bertz CT molecular complexity index is 494. The van der Waals surface area contributed by atoms with E-state index in [0.29, 0.717) is 17.8 Å². The van der Waals surface area contributed by atoms with E-state index in [1.54, 1.807) is 19.1 Å². The average molecular weight is 207 g/mol. The molecule has 0 spiro atoms. The van der Waals surface area contributed by atoms with Crippen molar-refractivity contribution >= 4 is 11.6 Å². The molecule has 1 N–H and O–H groups in total.